The van der Waals surface area contributed by atoms with Crippen LogP contribution in [0.25, 0.3) is 0 Å². The zero-order chi connectivity index (χ0) is 12.8. The predicted molar refractivity (Wildman–Crippen MR) is 67.6 cm³/mol. The number of benzene rings is 1. The summed E-state index contributed by atoms with van der Waals surface area (Å²) in [5.41, 5.74) is 6.84. The molecule has 0 fully saturated rings. The molecule has 96 valence electrons. The predicted octanol–water partition coefficient (Wildman–Crippen LogP) is 2.13. The van der Waals surface area contributed by atoms with Crippen molar-refractivity contribution in [3.8, 4) is 11.5 Å². The van der Waals surface area contributed by atoms with E-state index >= 15 is 0 Å². The maximum atomic E-state index is 5.82. The van der Waals surface area contributed by atoms with Crippen LogP contribution in [0.3, 0.4) is 0 Å². The van der Waals surface area contributed by atoms with Crippen molar-refractivity contribution in [2.45, 2.75) is 26.0 Å². The quantitative estimate of drug-likeness (QED) is 0.826. The van der Waals surface area contributed by atoms with Gasteiger partial charge in [0.25, 0.3) is 0 Å². The first-order chi connectivity index (χ1) is 8.08. The molecular weight excluding hydrogens is 218 g/mol. The Morgan fingerprint density at radius 3 is 2.41 bits per heavy atom. The maximum Gasteiger partial charge on any atom is 0.161 e. The molecule has 0 radical (unpaired) electrons. The van der Waals surface area contributed by atoms with E-state index < -0.39 is 0 Å². The molecule has 1 unspecified atom stereocenters. The lowest BCUT2D eigenvalue weighted by molar-refractivity contribution is 0.0899. The van der Waals surface area contributed by atoms with Crippen molar-refractivity contribution in [2.75, 3.05) is 20.8 Å². The summed E-state index contributed by atoms with van der Waals surface area (Å²) in [6.07, 6.45) is -0.0185. The number of ether oxygens (including phenoxy) is 3. The molecule has 2 atom stereocenters. The van der Waals surface area contributed by atoms with Gasteiger partial charge in [-0.1, -0.05) is 6.07 Å². The third-order valence-corrected chi connectivity index (χ3v) is 2.44. The van der Waals surface area contributed by atoms with Gasteiger partial charge in [-0.15, -0.1) is 0 Å². The van der Waals surface area contributed by atoms with Crippen LogP contribution in [0.5, 0.6) is 11.5 Å². The molecule has 0 aromatic heterocycles. The lowest BCUT2D eigenvalue weighted by Gasteiger charge is -2.17. The van der Waals surface area contributed by atoms with Crippen LogP contribution in [-0.4, -0.2) is 26.9 Å². The third-order valence-electron chi connectivity index (χ3n) is 2.44. The molecule has 0 bridgehead atoms. The molecule has 4 heteroatoms. The molecule has 1 aromatic rings. The fourth-order valence-electron chi connectivity index (χ4n) is 1.55. The summed E-state index contributed by atoms with van der Waals surface area (Å²) in [4.78, 5) is 0. The molecule has 1 aromatic carbocycles. The van der Waals surface area contributed by atoms with Gasteiger partial charge in [0.2, 0.25) is 0 Å². The minimum Gasteiger partial charge on any atom is -0.493 e. The van der Waals surface area contributed by atoms with Crippen LogP contribution in [-0.2, 0) is 4.74 Å². The fraction of sp³-hybridized carbons (Fsp3) is 0.538. The van der Waals surface area contributed by atoms with Crippen LogP contribution in [0.2, 0.25) is 0 Å². The fourth-order valence-corrected chi connectivity index (χ4v) is 1.55. The Labute approximate surface area is 103 Å². The number of hydrogen-bond acceptors (Lipinski definition) is 4. The van der Waals surface area contributed by atoms with E-state index in [0.717, 1.165) is 5.56 Å². The van der Waals surface area contributed by atoms with E-state index in [9.17, 15) is 0 Å². The minimum atomic E-state index is -0.0191. The van der Waals surface area contributed by atoms with Gasteiger partial charge in [0.1, 0.15) is 6.10 Å². The van der Waals surface area contributed by atoms with Crippen molar-refractivity contribution >= 4 is 0 Å². The molecule has 0 aliphatic heterocycles. The van der Waals surface area contributed by atoms with Crippen molar-refractivity contribution in [3.05, 3.63) is 23.8 Å². The van der Waals surface area contributed by atoms with Crippen LogP contribution < -0.4 is 15.2 Å². The highest BCUT2D eigenvalue weighted by Crippen LogP contribution is 2.30. The van der Waals surface area contributed by atoms with Gasteiger partial charge in [-0.25, -0.2) is 0 Å². The SMILES string of the molecule is COCC(C)Oc1ccc([C@H](C)N)cc1OC. The van der Waals surface area contributed by atoms with E-state index in [1.807, 2.05) is 32.0 Å². The molecule has 0 heterocycles. The van der Waals surface area contributed by atoms with Crippen LogP contribution >= 0.6 is 0 Å². The van der Waals surface area contributed by atoms with Gasteiger partial charge in [-0.2, -0.15) is 0 Å². The molecule has 1 rings (SSSR count). The number of hydrogen-bond donors (Lipinski definition) is 1. The highest BCUT2D eigenvalue weighted by Gasteiger charge is 2.11. The van der Waals surface area contributed by atoms with Crippen LogP contribution in [0.15, 0.2) is 18.2 Å². The summed E-state index contributed by atoms with van der Waals surface area (Å²) in [6.45, 7) is 4.42. The molecule has 0 spiro atoms. The Balaban J connectivity index is 2.85. The largest absolute Gasteiger partial charge is 0.493 e. The Morgan fingerprint density at radius 1 is 1.18 bits per heavy atom. The second-order valence-electron chi connectivity index (χ2n) is 4.08. The summed E-state index contributed by atoms with van der Waals surface area (Å²) in [6, 6.07) is 5.71. The topological polar surface area (TPSA) is 53.7 Å². The summed E-state index contributed by atoms with van der Waals surface area (Å²) >= 11 is 0. The first-order valence-electron chi connectivity index (χ1n) is 5.67. The molecule has 0 amide bonds. The van der Waals surface area contributed by atoms with Crippen molar-refractivity contribution in [1.82, 2.24) is 0 Å². The summed E-state index contributed by atoms with van der Waals surface area (Å²) in [5, 5.41) is 0. The van der Waals surface area contributed by atoms with Crippen LogP contribution in [0.4, 0.5) is 0 Å². The van der Waals surface area contributed by atoms with Gasteiger partial charge in [0, 0.05) is 13.2 Å². The van der Waals surface area contributed by atoms with E-state index in [-0.39, 0.29) is 12.1 Å². The second-order valence-corrected chi connectivity index (χ2v) is 4.08. The summed E-state index contributed by atoms with van der Waals surface area (Å²) in [7, 11) is 3.27. The standard InChI is InChI=1S/C13H21NO3/c1-9(8-15-3)17-12-6-5-11(10(2)14)7-13(12)16-4/h5-7,9-10H,8,14H2,1-4H3/t9?,10-/m0/s1. The Bertz CT molecular complexity index is 353. The van der Waals surface area contributed by atoms with Crippen molar-refractivity contribution in [2.24, 2.45) is 5.73 Å². The Hall–Kier alpha value is -1.26. The van der Waals surface area contributed by atoms with E-state index in [2.05, 4.69) is 0 Å². The third kappa shape index (κ3) is 3.91. The van der Waals surface area contributed by atoms with Gasteiger partial charge in [-0.3, -0.25) is 0 Å². The zero-order valence-corrected chi connectivity index (χ0v) is 10.9. The molecule has 0 saturated carbocycles. The monoisotopic (exact) mass is 239 g/mol. The van der Waals surface area contributed by atoms with Gasteiger partial charge < -0.3 is 19.9 Å². The average molecular weight is 239 g/mol. The molecule has 0 saturated heterocycles. The maximum absolute atomic E-state index is 5.82. The van der Waals surface area contributed by atoms with Gasteiger partial charge >= 0.3 is 0 Å². The molecular formula is C13H21NO3. The van der Waals surface area contributed by atoms with Crippen molar-refractivity contribution in [3.63, 3.8) is 0 Å². The van der Waals surface area contributed by atoms with E-state index in [0.29, 0.717) is 18.1 Å². The lowest BCUT2D eigenvalue weighted by Crippen LogP contribution is -2.18. The molecule has 2 N–H and O–H groups in total. The summed E-state index contributed by atoms with van der Waals surface area (Å²) < 4.78 is 16.0. The molecule has 0 aliphatic rings. The van der Waals surface area contributed by atoms with Crippen molar-refractivity contribution < 1.29 is 14.2 Å². The van der Waals surface area contributed by atoms with E-state index in [4.69, 9.17) is 19.9 Å². The summed E-state index contributed by atoms with van der Waals surface area (Å²) in [5.74, 6) is 1.41. The Morgan fingerprint density at radius 2 is 1.88 bits per heavy atom. The zero-order valence-electron chi connectivity index (χ0n) is 10.9. The highest BCUT2D eigenvalue weighted by molar-refractivity contribution is 5.43. The van der Waals surface area contributed by atoms with E-state index in [1.54, 1.807) is 14.2 Å². The average Bonchev–Trinajstić information content (AvgIpc) is 2.29. The minimum absolute atomic E-state index is 0.0185. The van der Waals surface area contributed by atoms with E-state index in [1.165, 1.54) is 0 Å². The first kappa shape index (κ1) is 13.8. The lowest BCUT2D eigenvalue weighted by atomic mass is 10.1. The smallest absolute Gasteiger partial charge is 0.161 e. The normalized spacial score (nSPS) is 14.2. The number of rotatable bonds is 6. The van der Waals surface area contributed by atoms with Crippen LogP contribution in [0.1, 0.15) is 25.5 Å². The molecule has 17 heavy (non-hydrogen) atoms. The molecule has 4 nitrogen and oxygen atoms in total. The van der Waals surface area contributed by atoms with Gasteiger partial charge in [0.05, 0.1) is 13.7 Å². The number of methoxy groups -OCH3 is 2. The highest BCUT2D eigenvalue weighted by atomic mass is 16.5. The van der Waals surface area contributed by atoms with Crippen molar-refractivity contribution in [1.29, 1.82) is 0 Å². The van der Waals surface area contributed by atoms with Crippen LogP contribution in [0, 0.1) is 0 Å². The Kier molecular flexibility index (Phi) is 5.25. The molecule has 0 aliphatic carbocycles. The first-order valence-corrected chi connectivity index (χ1v) is 5.67. The second kappa shape index (κ2) is 6.47. The number of nitrogens with two attached hydrogens (primary N) is 1. The van der Waals surface area contributed by atoms with Gasteiger partial charge in [0.15, 0.2) is 11.5 Å². The van der Waals surface area contributed by atoms with Gasteiger partial charge in [-0.05, 0) is 31.5 Å².